The lowest BCUT2D eigenvalue weighted by Crippen LogP contribution is -2.37. The Hall–Kier alpha value is -3.48. The standard InChI is InChI=1S/C27H33N3O4/c1-17(28-22-9-7-6-8-19(22)26(32)33)20-14-18(29(4)5)15-21-23(31)16-24(34-25(20)21)30-12-10-27(2,3)11-13-30/h6-9,14-17,28H,10-13H2,1-5H3,(H,32,33). The Morgan fingerprint density at radius 2 is 1.82 bits per heavy atom. The molecule has 0 spiro atoms. The van der Waals surface area contributed by atoms with Crippen molar-refractivity contribution in [2.45, 2.75) is 39.7 Å². The lowest BCUT2D eigenvalue weighted by atomic mass is 9.83. The summed E-state index contributed by atoms with van der Waals surface area (Å²) >= 11 is 0. The SMILES string of the molecule is CC(Nc1ccccc1C(=O)O)c1cc(N(C)C)cc2c(=O)cc(N3CCC(C)(C)CC3)oc12. The van der Waals surface area contributed by atoms with E-state index in [1.807, 2.05) is 38.1 Å². The van der Waals surface area contributed by atoms with Gasteiger partial charge in [-0.3, -0.25) is 4.79 Å². The highest BCUT2D eigenvalue weighted by Crippen LogP contribution is 2.35. The van der Waals surface area contributed by atoms with Gasteiger partial charge in [-0.2, -0.15) is 0 Å². The van der Waals surface area contributed by atoms with Crippen LogP contribution in [0, 0.1) is 5.41 Å². The Labute approximate surface area is 200 Å². The number of fused-ring (bicyclic) bond motifs is 1. The molecule has 1 aromatic heterocycles. The number of benzene rings is 2. The minimum atomic E-state index is -0.996. The molecule has 2 N–H and O–H groups in total. The van der Waals surface area contributed by atoms with Gasteiger partial charge in [-0.05, 0) is 49.4 Å². The van der Waals surface area contributed by atoms with Crippen molar-refractivity contribution in [3.63, 3.8) is 0 Å². The van der Waals surface area contributed by atoms with Gasteiger partial charge in [0.05, 0.1) is 17.0 Å². The first-order chi connectivity index (χ1) is 16.1. The Kier molecular flexibility index (Phi) is 6.30. The third-order valence-electron chi connectivity index (χ3n) is 6.77. The zero-order valence-electron chi connectivity index (χ0n) is 20.5. The number of hydrogen-bond acceptors (Lipinski definition) is 6. The Bertz CT molecular complexity index is 1270. The Morgan fingerprint density at radius 1 is 1.15 bits per heavy atom. The number of rotatable bonds is 6. The molecule has 1 unspecified atom stereocenters. The molecule has 0 amide bonds. The van der Waals surface area contributed by atoms with E-state index >= 15 is 0 Å². The predicted molar refractivity (Wildman–Crippen MR) is 137 cm³/mol. The van der Waals surface area contributed by atoms with Gasteiger partial charge in [-0.1, -0.05) is 26.0 Å². The molecule has 34 heavy (non-hydrogen) atoms. The second-order valence-electron chi connectivity index (χ2n) is 10.1. The molecular weight excluding hydrogens is 430 g/mol. The van der Waals surface area contributed by atoms with E-state index < -0.39 is 5.97 Å². The Morgan fingerprint density at radius 3 is 2.47 bits per heavy atom. The van der Waals surface area contributed by atoms with Crippen LogP contribution in [0.15, 0.2) is 51.7 Å². The van der Waals surface area contributed by atoms with Gasteiger partial charge in [0.15, 0.2) is 11.3 Å². The number of carboxylic acid groups (broad SMARTS) is 1. The molecule has 0 radical (unpaired) electrons. The highest BCUT2D eigenvalue weighted by Gasteiger charge is 2.27. The number of hydrogen-bond donors (Lipinski definition) is 2. The molecule has 180 valence electrons. The number of carbonyl (C=O) groups is 1. The normalized spacial score (nSPS) is 16.3. The van der Waals surface area contributed by atoms with E-state index in [0.29, 0.717) is 22.5 Å². The summed E-state index contributed by atoms with van der Waals surface area (Å²) in [5.74, 6) is -0.408. The van der Waals surface area contributed by atoms with Crippen LogP contribution in [-0.2, 0) is 0 Å². The molecule has 0 aliphatic carbocycles. The van der Waals surface area contributed by atoms with Crippen molar-refractivity contribution in [3.8, 4) is 0 Å². The van der Waals surface area contributed by atoms with E-state index in [4.69, 9.17) is 4.42 Å². The van der Waals surface area contributed by atoms with Crippen LogP contribution in [-0.4, -0.2) is 38.3 Å². The van der Waals surface area contributed by atoms with Crippen LogP contribution in [0.3, 0.4) is 0 Å². The molecule has 7 nitrogen and oxygen atoms in total. The van der Waals surface area contributed by atoms with Gasteiger partial charge in [-0.15, -0.1) is 0 Å². The fraction of sp³-hybridized carbons (Fsp3) is 0.407. The topological polar surface area (TPSA) is 86.0 Å². The molecule has 0 bridgehead atoms. The number of nitrogens with one attached hydrogen (secondary N) is 1. The Balaban J connectivity index is 1.80. The fourth-order valence-electron chi connectivity index (χ4n) is 4.43. The third kappa shape index (κ3) is 4.74. The zero-order chi connectivity index (χ0) is 24.6. The number of piperidine rings is 1. The lowest BCUT2D eigenvalue weighted by Gasteiger charge is -2.37. The van der Waals surface area contributed by atoms with E-state index in [0.717, 1.165) is 37.2 Å². The fourth-order valence-corrected chi connectivity index (χ4v) is 4.43. The third-order valence-corrected chi connectivity index (χ3v) is 6.77. The summed E-state index contributed by atoms with van der Waals surface area (Å²) in [5.41, 5.74) is 3.13. The van der Waals surface area contributed by atoms with Gasteiger partial charge in [-0.25, -0.2) is 4.79 Å². The molecule has 2 aromatic carbocycles. The van der Waals surface area contributed by atoms with Crippen LogP contribution in [0.5, 0.6) is 0 Å². The first kappa shape index (κ1) is 23.7. The molecule has 1 atom stereocenters. The summed E-state index contributed by atoms with van der Waals surface area (Å²) < 4.78 is 6.40. The van der Waals surface area contributed by atoms with E-state index in [1.54, 1.807) is 30.3 Å². The van der Waals surface area contributed by atoms with Crippen LogP contribution in [0.25, 0.3) is 11.0 Å². The van der Waals surface area contributed by atoms with Gasteiger partial charge in [0, 0.05) is 50.2 Å². The quantitative estimate of drug-likeness (QED) is 0.509. The lowest BCUT2D eigenvalue weighted by molar-refractivity contribution is 0.0698. The molecule has 1 fully saturated rings. The summed E-state index contributed by atoms with van der Waals surface area (Å²) in [7, 11) is 3.85. The van der Waals surface area contributed by atoms with Crippen LogP contribution >= 0.6 is 0 Å². The molecule has 1 aliphatic heterocycles. The van der Waals surface area contributed by atoms with Crippen molar-refractivity contribution in [1.29, 1.82) is 0 Å². The van der Waals surface area contributed by atoms with Crippen molar-refractivity contribution < 1.29 is 14.3 Å². The van der Waals surface area contributed by atoms with Gasteiger partial charge >= 0.3 is 5.97 Å². The first-order valence-electron chi connectivity index (χ1n) is 11.7. The molecule has 4 rings (SSSR count). The van der Waals surface area contributed by atoms with Crippen molar-refractivity contribution in [3.05, 3.63) is 63.8 Å². The number of para-hydroxylation sites is 1. The molecule has 1 aliphatic rings. The summed E-state index contributed by atoms with van der Waals surface area (Å²) in [6.07, 6.45) is 2.07. The molecule has 3 aromatic rings. The van der Waals surface area contributed by atoms with E-state index in [-0.39, 0.29) is 22.4 Å². The van der Waals surface area contributed by atoms with Gasteiger partial charge in [0.2, 0.25) is 0 Å². The van der Waals surface area contributed by atoms with Crippen LogP contribution in [0.1, 0.15) is 55.6 Å². The maximum absolute atomic E-state index is 13.2. The molecule has 0 saturated carbocycles. The molecule has 2 heterocycles. The van der Waals surface area contributed by atoms with Crippen molar-refractivity contribution in [2.24, 2.45) is 5.41 Å². The van der Waals surface area contributed by atoms with Gasteiger partial charge in [0.25, 0.3) is 0 Å². The average molecular weight is 464 g/mol. The summed E-state index contributed by atoms with van der Waals surface area (Å²) in [4.78, 5) is 29.0. The van der Waals surface area contributed by atoms with Crippen LogP contribution in [0.4, 0.5) is 17.3 Å². The van der Waals surface area contributed by atoms with Crippen molar-refractivity contribution in [1.82, 2.24) is 0 Å². The van der Waals surface area contributed by atoms with Gasteiger partial charge in [0.1, 0.15) is 5.58 Å². The highest BCUT2D eigenvalue weighted by molar-refractivity contribution is 5.94. The van der Waals surface area contributed by atoms with Crippen molar-refractivity contribution >= 4 is 34.2 Å². The van der Waals surface area contributed by atoms with Gasteiger partial charge < -0.3 is 24.6 Å². The number of nitrogens with zero attached hydrogens (tertiary/aromatic N) is 2. The predicted octanol–water partition coefficient (Wildman–Crippen LogP) is 5.36. The monoisotopic (exact) mass is 463 g/mol. The van der Waals surface area contributed by atoms with Crippen molar-refractivity contribution in [2.75, 3.05) is 42.3 Å². The molecule has 7 heteroatoms. The van der Waals surface area contributed by atoms with Crippen LogP contribution < -0.4 is 20.5 Å². The van der Waals surface area contributed by atoms with Crippen LogP contribution in [0.2, 0.25) is 0 Å². The average Bonchev–Trinajstić information content (AvgIpc) is 2.78. The maximum Gasteiger partial charge on any atom is 0.337 e. The van der Waals surface area contributed by atoms with E-state index in [9.17, 15) is 14.7 Å². The van der Waals surface area contributed by atoms with E-state index in [2.05, 4.69) is 24.1 Å². The zero-order valence-corrected chi connectivity index (χ0v) is 20.5. The number of carboxylic acids is 1. The summed E-state index contributed by atoms with van der Waals surface area (Å²) in [6, 6.07) is 12.0. The smallest absolute Gasteiger partial charge is 0.337 e. The second kappa shape index (κ2) is 9.05. The first-order valence-corrected chi connectivity index (χ1v) is 11.7. The maximum atomic E-state index is 13.2. The number of anilines is 3. The molecule has 1 saturated heterocycles. The second-order valence-corrected chi connectivity index (χ2v) is 10.1. The highest BCUT2D eigenvalue weighted by atomic mass is 16.4. The number of aromatic carboxylic acids is 1. The van der Waals surface area contributed by atoms with E-state index in [1.165, 1.54) is 0 Å². The minimum absolute atomic E-state index is 0.0795. The summed E-state index contributed by atoms with van der Waals surface area (Å²) in [5, 5.41) is 13.4. The summed E-state index contributed by atoms with van der Waals surface area (Å²) in [6.45, 7) is 8.16. The largest absolute Gasteiger partial charge is 0.478 e. The molecular formula is C27H33N3O4. The minimum Gasteiger partial charge on any atom is -0.478 e.